The molecule has 0 saturated carbocycles. The zero-order chi connectivity index (χ0) is 9.84. The predicted molar refractivity (Wildman–Crippen MR) is 48.6 cm³/mol. The molecule has 13 heavy (non-hydrogen) atoms. The molecular formula is C6H9N3O3S. The van der Waals surface area contributed by atoms with E-state index in [0.29, 0.717) is 12.4 Å². The molecule has 0 fully saturated rings. The topological polar surface area (TPSA) is 70.2 Å². The van der Waals surface area contributed by atoms with E-state index in [-0.39, 0.29) is 12.4 Å². The van der Waals surface area contributed by atoms with Gasteiger partial charge in [-0.05, 0) is 11.8 Å². The van der Waals surface area contributed by atoms with Crippen LogP contribution in [0.25, 0.3) is 0 Å². The van der Waals surface area contributed by atoms with Crippen molar-refractivity contribution in [3.8, 4) is 0 Å². The van der Waals surface area contributed by atoms with Gasteiger partial charge < -0.3 is 14.9 Å². The van der Waals surface area contributed by atoms with Crippen molar-refractivity contribution in [1.82, 2.24) is 8.96 Å². The molecule has 0 bridgehead atoms. The van der Waals surface area contributed by atoms with Crippen molar-refractivity contribution in [3.63, 3.8) is 0 Å². The van der Waals surface area contributed by atoms with E-state index in [1.54, 1.807) is 0 Å². The van der Waals surface area contributed by atoms with Crippen LogP contribution in [-0.2, 0) is 11.3 Å². The summed E-state index contributed by atoms with van der Waals surface area (Å²) in [6, 6.07) is 0. The standard InChI is InChI=1S/C6H9N3O3S/c1-2-12-4-5-7-3-6(8(5)13)9(10)11/h3,13H,2,4H2,1H3. The fraction of sp³-hybridized carbons (Fsp3) is 0.500. The number of nitrogens with zero attached hydrogens (tertiary/aromatic N) is 3. The number of nitro groups is 1. The number of hydrogen-bond donors (Lipinski definition) is 1. The number of imidazole rings is 1. The molecule has 0 saturated heterocycles. The fourth-order valence-electron chi connectivity index (χ4n) is 0.790. The maximum absolute atomic E-state index is 10.4. The van der Waals surface area contributed by atoms with E-state index < -0.39 is 4.92 Å². The molecule has 72 valence electrons. The summed E-state index contributed by atoms with van der Waals surface area (Å²) in [6.07, 6.45) is 1.15. The number of rotatable bonds is 4. The second kappa shape index (κ2) is 4.24. The van der Waals surface area contributed by atoms with Gasteiger partial charge >= 0.3 is 5.82 Å². The highest BCUT2D eigenvalue weighted by molar-refractivity contribution is 7.78. The van der Waals surface area contributed by atoms with Crippen LogP contribution >= 0.6 is 12.8 Å². The zero-order valence-electron chi connectivity index (χ0n) is 7.01. The van der Waals surface area contributed by atoms with Gasteiger partial charge in [0.25, 0.3) is 0 Å². The smallest absolute Gasteiger partial charge is 0.354 e. The molecule has 0 radical (unpaired) electrons. The molecule has 0 N–H and O–H groups in total. The van der Waals surface area contributed by atoms with Crippen LogP contribution in [0.1, 0.15) is 12.7 Å². The van der Waals surface area contributed by atoms with Gasteiger partial charge in [-0.25, -0.2) is 4.98 Å². The molecule has 0 unspecified atom stereocenters. The lowest BCUT2D eigenvalue weighted by Gasteiger charge is -1.96. The van der Waals surface area contributed by atoms with Gasteiger partial charge in [-0.3, -0.25) is 0 Å². The summed E-state index contributed by atoms with van der Waals surface area (Å²) < 4.78 is 6.15. The Morgan fingerprint density at radius 3 is 3.00 bits per heavy atom. The molecule has 1 aromatic heterocycles. The Morgan fingerprint density at radius 1 is 1.85 bits per heavy atom. The van der Waals surface area contributed by atoms with Crippen molar-refractivity contribution in [2.24, 2.45) is 0 Å². The Balaban J connectivity index is 2.80. The van der Waals surface area contributed by atoms with Gasteiger partial charge in [0.05, 0.1) is 0 Å². The van der Waals surface area contributed by atoms with Crippen molar-refractivity contribution < 1.29 is 9.66 Å². The van der Waals surface area contributed by atoms with Crippen LogP contribution in [0.5, 0.6) is 0 Å². The molecule has 0 spiro atoms. The molecule has 7 heteroatoms. The van der Waals surface area contributed by atoms with E-state index in [4.69, 9.17) is 4.74 Å². The van der Waals surface area contributed by atoms with Gasteiger partial charge in [-0.15, -0.1) is 3.97 Å². The van der Waals surface area contributed by atoms with Gasteiger partial charge in [0.1, 0.15) is 12.8 Å². The lowest BCUT2D eigenvalue weighted by molar-refractivity contribution is -0.390. The second-order valence-corrected chi connectivity index (χ2v) is 2.64. The minimum Gasteiger partial charge on any atom is -0.371 e. The Kier molecular flexibility index (Phi) is 3.26. The molecule has 1 heterocycles. The first-order chi connectivity index (χ1) is 6.16. The van der Waals surface area contributed by atoms with Crippen LogP contribution in [-0.4, -0.2) is 20.5 Å². The quantitative estimate of drug-likeness (QED) is 0.450. The Morgan fingerprint density at radius 2 is 2.54 bits per heavy atom. The third kappa shape index (κ3) is 2.19. The summed E-state index contributed by atoms with van der Waals surface area (Å²) in [4.78, 5) is 13.6. The monoisotopic (exact) mass is 203 g/mol. The number of hydrogen-bond acceptors (Lipinski definition) is 5. The molecule has 6 nitrogen and oxygen atoms in total. The van der Waals surface area contributed by atoms with E-state index in [0.717, 1.165) is 10.2 Å². The summed E-state index contributed by atoms with van der Waals surface area (Å²) in [6.45, 7) is 2.60. The van der Waals surface area contributed by atoms with Crippen LogP contribution in [0.15, 0.2) is 6.20 Å². The van der Waals surface area contributed by atoms with E-state index in [1.165, 1.54) is 0 Å². The first-order valence-electron chi connectivity index (χ1n) is 3.64. The molecular weight excluding hydrogens is 194 g/mol. The van der Waals surface area contributed by atoms with Crippen LogP contribution in [0.3, 0.4) is 0 Å². The molecule has 1 rings (SSSR count). The third-order valence-electron chi connectivity index (χ3n) is 1.41. The molecule has 0 aliphatic heterocycles. The van der Waals surface area contributed by atoms with E-state index in [2.05, 4.69) is 17.8 Å². The highest BCUT2D eigenvalue weighted by Crippen LogP contribution is 2.15. The van der Waals surface area contributed by atoms with Crippen molar-refractivity contribution in [2.75, 3.05) is 6.61 Å². The number of thiol groups is 1. The first kappa shape index (κ1) is 10.0. The normalized spacial score (nSPS) is 10.3. The second-order valence-electron chi connectivity index (χ2n) is 2.24. The Labute approximate surface area is 80.2 Å². The van der Waals surface area contributed by atoms with Crippen LogP contribution in [0.4, 0.5) is 5.82 Å². The molecule has 0 amide bonds. The summed E-state index contributed by atoms with van der Waals surface area (Å²) in [5, 5.41) is 10.4. The fourth-order valence-corrected chi connectivity index (χ4v) is 1.02. The largest absolute Gasteiger partial charge is 0.371 e. The first-order valence-corrected chi connectivity index (χ1v) is 4.04. The average molecular weight is 203 g/mol. The summed E-state index contributed by atoms with van der Waals surface area (Å²) in [5.41, 5.74) is 0. The van der Waals surface area contributed by atoms with Crippen LogP contribution in [0, 0.1) is 10.1 Å². The van der Waals surface area contributed by atoms with Gasteiger partial charge in [0.15, 0.2) is 0 Å². The van der Waals surface area contributed by atoms with Crippen LogP contribution < -0.4 is 0 Å². The third-order valence-corrected chi connectivity index (χ3v) is 1.85. The summed E-state index contributed by atoms with van der Waals surface area (Å²) in [5.74, 6) is 0.273. The lowest BCUT2D eigenvalue weighted by Crippen LogP contribution is -2.00. The van der Waals surface area contributed by atoms with Crippen molar-refractivity contribution in [2.45, 2.75) is 13.5 Å². The van der Waals surface area contributed by atoms with E-state index in [9.17, 15) is 10.1 Å². The van der Waals surface area contributed by atoms with Crippen molar-refractivity contribution in [1.29, 1.82) is 0 Å². The zero-order valence-corrected chi connectivity index (χ0v) is 7.90. The van der Waals surface area contributed by atoms with Crippen molar-refractivity contribution in [3.05, 3.63) is 22.1 Å². The number of ether oxygens (including phenoxy) is 1. The molecule has 0 aliphatic rings. The van der Waals surface area contributed by atoms with Gasteiger partial charge in [-0.2, -0.15) is 0 Å². The highest BCUT2D eigenvalue weighted by Gasteiger charge is 2.17. The molecule has 0 atom stereocenters. The molecule has 0 aromatic carbocycles. The highest BCUT2D eigenvalue weighted by atomic mass is 32.1. The van der Waals surface area contributed by atoms with Gasteiger partial charge in [-0.1, -0.05) is 0 Å². The van der Waals surface area contributed by atoms with Gasteiger partial charge in [0.2, 0.25) is 5.82 Å². The maximum atomic E-state index is 10.4. The van der Waals surface area contributed by atoms with Gasteiger partial charge in [0, 0.05) is 19.4 Å². The lowest BCUT2D eigenvalue weighted by atomic mass is 10.7. The van der Waals surface area contributed by atoms with Crippen LogP contribution in [0.2, 0.25) is 0 Å². The maximum Gasteiger partial charge on any atom is 0.354 e. The Bertz CT molecular complexity index is 312. The minimum atomic E-state index is -0.546. The van der Waals surface area contributed by atoms with E-state index >= 15 is 0 Å². The summed E-state index contributed by atoms with van der Waals surface area (Å²) in [7, 11) is 0. The SMILES string of the molecule is CCOCc1ncc([N+](=O)[O-])n1S. The predicted octanol–water partition coefficient (Wildman–Crippen LogP) is 1.02. The molecule has 1 aromatic rings. The number of aromatic nitrogens is 2. The Hall–Kier alpha value is -1.08. The summed E-state index contributed by atoms with van der Waals surface area (Å²) >= 11 is 3.91. The molecule has 0 aliphatic carbocycles. The average Bonchev–Trinajstić information content (AvgIpc) is 2.43. The minimum absolute atomic E-state index is 0.155. The van der Waals surface area contributed by atoms with Crippen molar-refractivity contribution >= 4 is 18.6 Å². The van der Waals surface area contributed by atoms with E-state index in [1.807, 2.05) is 6.92 Å².